The molecule has 28 heavy (non-hydrogen) atoms. The van der Waals surface area contributed by atoms with Crippen molar-refractivity contribution in [2.45, 2.75) is 4.90 Å². The summed E-state index contributed by atoms with van der Waals surface area (Å²) >= 11 is 1.88. The maximum absolute atomic E-state index is 14.8. The monoisotopic (exact) mass is 522 g/mol. The quantitative estimate of drug-likeness (QED) is 0.378. The number of hydrogen-bond donors (Lipinski definition) is 2. The van der Waals surface area contributed by atoms with E-state index in [1.165, 1.54) is 30.3 Å². The zero-order valence-corrected chi connectivity index (χ0v) is 16.8. The summed E-state index contributed by atoms with van der Waals surface area (Å²) in [5.41, 5.74) is -1.28. The number of nitrogens with one attached hydrogen (secondary N) is 1. The summed E-state index contributed by atoms with van der Waals surface area (Å²) < 4.78 is 80.9. The normalized spacial score (nSPS) is 11.5. The number of hydrogen-bond acceptors (Lipinski definition) is 3. The van der Waals surface area contributed by atoms with Gasteiger partial charge < -0.3 is 5.32 Å². The van der Waals surface area contributed by atoms with E-state index in [2.05, 4.69) is 5.32 Å². The van der Waals surface area contributed by atoms with Crippen LogP contribution in [0.3, 0.4) is 0 Å². The smallest absolute Gasteiger partial charge is 0.240 e. The molecule has 0 atom stereocenters. The molecule has 3 aromatic carbocycles. The van der Waals surface area contributed by atoms with Crippen LogP contribution in [-0.4, -0.2) is 8.42 Å². The summed E-state index contributed by atoms with van der Waals surface area (Å²) in [6, 6.07) is 9.13. The fourth-order valence-electron chi connectivity index (χ4n) is 2.56. The van der Waals surface area contributed by atoms with Crippen molar-refractivity contribution in [1.82, 2.24) is 0 Å². The maximum Gasteiger partial charge on any atom is 0.240 e. The average Bonchev–Trinajstić information content (AvgIpc) is 2.61. The first-order valence-corrected chi connectivity index (χ1v) is 10.2. The Kier molecular flexibility index (Phi) is 5.64. The van der Waals surface area contributed by atoms with E-state index in [4.69, 9.17) is 5.14 Å². The van der Waals surface area contributed by atoms with E-state index in [9.17, 15) is 26.0 Å². The van der Waals surface area contributed by atoms with E-state index in [-0.39, 0.29) is 16.8 Å². The molecule has 0 unspecified atom stereocenters. The highest BCUT2D eigenvalue weighted by molar-refractivity contribution is 14.1. The molecule has 0 saturated carbocycles. The van der Waals surface area contributed by atoms with Gasteiger partial charge in [-0.25, -0.2) is 31.1 Å². The molecule has 0 radical (unpaired) electrons. The second kappa shape index (κ2) is 7.68. The molecule has 0 amide bonds. The highest BCUT2D eigenvalue weighted by atomic mass is 127. The van der Waals surface area contributed by atoms with Crippen molar-refractivity contribution in [2.24, 2.45) is 5.14 Å². The third-order valence-electron chi connectivity index (χ3n) is 3.85. The lowest BCUT2D eigenvalue weighted by Gasteiger charge is -2.16. The number of primary sulfonamides is 1. The Balaban J connectivity index is 2.23. The predicted molar refractivity (Wildman–Crippen MR) is 106 cm³/mol. The van der Waals surface area contributed by atoms with Gasteiger partial charge in [-0.2, -0.15) is 0 Å². The molecule has 3 rings (SSSR count). The molecule has 146 valence electrons. The predicted octanol–water partition coefficient (Wildman–Crippen LogP) is 4.91. The van der Waals surface area contributed by atoms with Crippen LogP contribution in [0.15, 0.2) is 53.4 Å². The number of rotatable bonds is 4. The van der Waals surface area contributed by atoms with Gasteiger partial charge >= 0.3 is 0 Å². The van der Waals surface area contributed by atoms with Gasteiger partial charge in [0.05, 0.1) is 11.4 Å². The van der Waals surface area contributed by atoms with Gasteiger partial charge in [0.2, 0.25) is 10.0 Å². The molecule has 0 bridgehead atoms. The fraction of sp³-hybridized carbons (Fsp3) is 0. The van der Waals surface area contributed by atoms with Crippen LogP contribution < -0.4 is 10.5 Å². The van der Waals surface area contributed by atoms with Gasteiger partial charge in [-0.05, 0) is 59.0 Å². The van der Waals surface area contributed by atoms with Gasteiger partial charge in [0, 0.05) is 14.7 Å². The summed E-state index contributed by atoms with van der Waals surface area (Å²) in [7, 11) is -4.39. The lowest BCUT2D eigenvalue weighted by Crippen LogP contribution is -2.14. The molecule has 4 nitrogen and oxygen atoms in total. The van der Waals surface area contributed by atoms with Crippen molar-refractivity contribution >= 4 is 44.0 Å². The Morgan fingerprint density at radius 1 is 0.857 bits per heavy atom. The van der Waals surface area contributed by atoms with E-state index in [1.54, 1.807) is 0 Å². The van der Waals surface area contributed by atoms with Gasteiger partial charge in [0.25, 0.3) is 0 Å². The minimum absolute atomic E-state index is 0.172. The van der Waals surface area contributed by atoms with E-state index < -0.39 is 43.9 Å². The van der Waals surface area contributed by atoms with Crippen LogP contribution in [0.1, 0.15) is 0 Å². The van der Waals surface area contributed by atoms with E-state index in [0.717, 1.165) is 18.2 Å². The highest BCUT2D eigenvalue weighted by Gasteiger charge is 2.23. The van der Waals surface area contributed by atoms with Crippen molar-refractivity contribution in [3.8, 4) is 11.1 Å². The number of anilines is 2. The van der Waals surface area contributed by atoms with Crippen molar-refractivity contribution in [2.75, 3.05) is 5.32 Å². The first-order chi connectivity index (χ1) is 13.1. The number of halogens is 5. The van der Waals surface area contributed by atoms with Crippen LogP contribution in [0, 0.1) is 26.8 Å². The lowest BCUT2D eigenvalue weighted by atomic mass is 10.0. The highest BCUT2D eigenvalue weighted by Crippen LogP contribution is 2.37. The molecule has 0 fully saturated rings. The zero-order chi connectivity index (χ0) is 20.6. The fourth-order valence-corrected chi connectivity index (χ4v) is 3.64. The average molecular weight is 522 g/mol. The molecule has 0 aromatic heterocycles. The Hall–Kier alpha value is -2.18. The Morgan fingerprint density at radius 3 is 2.21 bits per heavy atom. The molecule has 0 saturated heterocycles. The molecule has 10 heteroatoms. The topological polar surface area (TPSA) is 72.2 Å². The zero-order valence-electron chi connectivity index (χ0n) is 13.8. The van der Waals surface area contributed by atoms with E-state index in [1.807, 2.05) is 22.6 Å². The van der Waals surface area contributed by atoms with E-state index in [0.29, 0.717) is 3.57 Å². The second-order valence-electron chi connectivity index (χ2n) is 5.70. The van der Waals surface area contributed by atoms with Crippen molar-refractivity contribution in [3.63, 3.8) is 0 Å². The summed E-state index contributed by atoms with van der Waals surface area (Å²) in [6.07, 6.45) is 0. The van der Waals surface area contributed by atoms with E-state index >= 15 is 0 Å². The van der Waals surface area contributed by atoms with Crippen LogP contribution in [0.25, 0.3) is 11.1 Å². The van der Waals surface area contributed by atoms with Crippen molar-refractivity contribution in [1.29, 1.82) is 0 Å². The molecule has 0 aliphatic rings. The maximum atomic E-state index is 14.8. The molecule has 0 spiro atoms. The summed E-state index contributed by atoms with van der Waals surface area (Å²) in [4.78, 5) is -0.805. The molecular formula is C18H11F4IN2O2S. The first-order valence-electron chi connectivity index (χ1n) is 7.61. The first kappa shape index (κ1) is 20.6. The van der Waals surface area contributed by atoms with Crippen LogP contribution in [-0.2, 0) is 10.0 Å². The largest absolute Gasteiger partial charge is 0.350 e. The Bertz CT molecular complexity index is 1190. The third-order valence-corrected chi connectivity index (χ3v) is 5.44. The van der Waals surface area contributed by atoms with Crippen LogP contribution >= 0.6 is 22.6 Å². The molecular weight excluding hydrogens is 511 g/mol. The second-order valence-corrected chi connectivity index (χ2v) is 8.47. The molecule has 0 aliphatic carbocycles. The van der Waals surface area contributed by atoms with Crippen molar-refractivity contribution in [3.05, 3.63) is 75.4 Å². The van der Waals surface area contributed by atoms with Crippen LogP contribution in [0.2, 0.25) is 0 Å². The van der Waals surface area contributed by atoms with Crippen molar-refractivity contribution < 1.29 is 26.0 Å². The van der Waals surface area contributed by atoms with Gasteiger partial charge in [-0.1, -0.05) is 12.1 Å². The van der Waals surface area contributed by atoms with Gasteiger partial charge in [0.1, 0.15) is 10.7 Å². The minimum Gasteiger partial charge on any atom is -0.350 e. The number of nitrogens with two attached hydrogens (primary N) is 1. The lowest BCUT2D eigenvalue weighted by molar-refractivity contribution is 0.511. The summed E-state index contributed by atoms with van der Waals surface area (Å²) in [5.74, 6) is -4.60. The SMILES string of the molecule is NS(=O)(=O)c1cccc(-c2ccc(F)c(F)c2Nc2ccc(I)cc2F)c1F. The minimum atomic E-state index is -4.39. The van der Waals surface area contributed by atoms with Gasteiger partial charge in [-0.15, -0.1) is 0 Å². The third kappa shape index (κ3) is 3.98. The molecule has 0 heterocycles. The van der Waals surface area contributed by atoms with Crippen LogP contribution in [0.5, 0.6) is 0 Å². The van der Waals surface area contributed by atoms with Gasteiger partial charge in [-0.3, -0.25) is 0 Å². The number of sulfonamides is 1. The Labute approximate surface area is 171 Å². The molecule has 0 aliphatic heterocycles. The standard InChI is InChI=1S/C18H11F4IN2O2S/c19-12-6-5-11(10-2-1-3-15(16(10)21)28(24,26)27)18(17(12)22)25-14-7-4-9(23)8-13(14)20/h1-8,25H,(H2,24,26,27). The van der Waals surface area contributed by atoms with Gasteiger partial charge in [0.15, 0.2) is 17.5 Å². The van der Waals surface area contributed by atoms with Crippen LogP contribution in [0.4, 0.5) is 28.9 Å². The number of benzene rings is 3. The molecule has 3 N–H and O–H groups in total. The summed E-state index contributed by atoms with van der Waals surface area (Å²) in [5, 5.41) is 7.41. The Morgan fingerprint density at radius 2 is 1.57 bits per heavy atom. The summed E-state index contributed by atoms with van der Waals surface area (Å²) in [6.45, 7) is 0. The molecule has 3 aromatic rings.